The quantitative estimate of drug-likeness (QED) is 0.856. The Balaban J connectivity index is 1.69. The van der Waals surface area contributed by atoms with E-state index in [1.54, 1.807) is 19.2 Å². The van der Waals surface area contributed by atoms with Crippen molar-refractivity contribution >= 4 is 33.0 Å². The van der Waals surface area contributed by atoms with Crippen molar-refractivity contribution in [2.24, 2.45) is 0 Å². The molecule has 2 aromatic rings. The molecule has 142 valence electrons. The third kappa shape index (κ3) is 3.88. The summed E-state index contributed by atoms with van der Waals surface area (Å²) in [4.78, 5) is 25.6. The first-order valence-electron chi connectivity index (χ1n) is 8.67. The molecule has 2 amide bonds. The van der Waals surface area contributed by atoms with E-state index >= 15 is 0 Å². The molecule has 1 aliphatic heterocycles. The molecule has 0 aromatic heterocycles. The standard InChI is InChI=1S/C20H22N2O4S/c1-13-5-4-6-17(14(13)2)21-19(23)9-10-27(25,26)16-7-8-18-15(11-16)12-20(24)22(18)3/h4-8,11H,9-10,12H2,1-3H3,(H,21,23). The number of hydrogen-bond acceptors (Lipinski definition) is 4. The highest BCUT2D eigenvalue weighted by molar-refractivity contribution is 7.91. The molecule has 0 radical (unpaired) electrons. The molecule has 1 N–H and O–H groups in total. The first-order chi connectivity index (χ1) is 12.7. The highest BCUT2D eigenvalue weighted by Crippen LogP contribution is 2.30. The third-order valence-corrected chi connectivity index (χ3v) is 6.68. The average Bonchev–Trinajstić information content (AvgIpc) is 2.91. The van der Waals surface area contributed by atoms with Crippen molar-refractivity contribution in [2.45, 2.75) is 31.6 Å². The molecule has 7 heteroatoms. The molecule has 0 atom stereocenters. The fraction of sp³-hybridized carbons (Fsp3) is 0.300. The zero-order valence-corrected chi connectivity index (χ0v) is 16.4. The Bertz CT molecular complexity index is 1030. The number of carbonyl (C=O) groups excluding carboxylic acids is 2. The molecule has 1 aliphatic rings. The van der Waals surface area contributed by atoms with Gasteiger partial charge in [0.1, 0.15) is 0 Å². The maximum atomic E-state index is 12.6. The van der Waals surface area contributed by atoms with Crippen LogP contribution in [0.2, 0.25) is 0 Å². The van der Waals surface area contributed by atoms with Crippen molar-refractivity contribution in [3.05, 3.63) is 53.1 Å². The Morgan fingerprint density at radius 1 is 1.19 bits per heavy atom. The van der Waals surface area contributed by atoms with Crippen LogP contribution < -0.4 is 10.2 Å². The zero-order valence-electron chi connectivity index (χ0n) is 15.6. The molecule has 3 rings (SSSR count). The van der Waals surface area contributed by atoms with Crippen LogP contribution in [0.5, 0.6) is 0 Å². The summed E-state index contributed by atoms with van der Waals surface area (Å²) in [5, 5.41) is 2.77. The second kappa shape index (κ2) is 7.15. The number of hydrogen-bond donors (Lipinski definition) is 1. The molecule has 0 unspecified atom stereocenters. The Morgan fingerprint density at radius 2 is 1.93 bits per heavy atom. The number of likely N-dealkylation sites (N-methyl/N-ethyl adjacent to an activating group) is 1. The maximum Gasteiger partial charge on any atom is 0.231 e. The number of fused-ring (bicyclic) bond motifs is 1. The average molecular weight is 386 g/mol. The minimum atomic E-state index is -3.61. The van der Waals surface area contributed by atoms with E-state index in [1.807, 2.05) is 26.0 Å². The SMILES string of the molecule is Cc1cccc(NC(=O)CCS(=O)(=O)c2ccc3c(c2)CC(=O)N3C)c1C. The number of amides is 2. The van der Waals surface area contributed by atoms with Crippen LogP contribution in [0.1, 0.15) is 23.1 Å². The smallest absolute Gasteiger partial charge is 0.231 e. The number of anilines is 2. The molecule has 0 saturated carbocycles. The molecule has 0 saturated heterocycles. The van der Waals surface area contributed by atoms with Gasteiger partial charge in [0.25, 0.3) is 0 Å². The number of nitrogens with zero attached hydrogens (tertiary/aromatic N) is 1. The van der Waals surface area contributed by atoms with E-state index in [2.05, 4.69) is 5.32 Å². The van der Waals surface area contributed by atoms with Crippen molar-refractivity contribution < 1.29 is 18.0 Å². The highest BCUT2D eigenvalue weighted by atomic mass is 32.2. The number of carbonyl (C=O) groups is 2. The molecule has 2 aromatic carbocycles. The van der Waals surface area contributed by atoms with Gasteiger partial charge in [-0.25, -0.2) is 8.42 Å². The van der Waals surface area contributed by atoms with Crippen molar-refractivity contribution in [1.29, 1.82) is 0 Å². The molecular formula is C20H22N2O4S. The number of aryl methyl sites for hydroxylation is 1. The first-order valence-corrected chi connectivity index (χ1v) is 10.3. The van der Waals surface area contributed by atoms with Gasteiger partial charge in [0.15, 0.2) is 9.84 Å². The van der Waals surface area contributed by atoms with Crippen molar-refractivity contribution in [2.75, 3.05) is 23.0 Å². The van der Waals surface area contributed by atoms with Gasteiger partial charge in [0.2, 0.25) is 11.8 Å². The molecule has 27 heavy (non-hydrogen) atoms. The fourth-order valence-corrected chi connectivity index (χ4v) is 4.37. The number of nitrogens with one attached hydrogen (secondary N) is 1. The lowest BCUT2D eigenvalue weighted by atomic mass is 10.1. The normalized spacial score (nSPS) is 13.6. The van der Waals surface area contributed by atoms with Gasteiger partial charge in [-0.2, -0.15) is 0 Å². The van der Waals surface area contributed by atoms with E-state index in [0.717, 1.165) is 16.8 Å². The topological polar surface area (TPSA) is 83.5 Å². The largest absolute Gasteiger partial charge is 0.326 e. The van der Waals surface area contributed by atoms with Crippen LogP contribution in [-0.2, 0) is 25.8 Å². The minimum Gasteiger partial charge on any atom is -0.326 e. The fourth-order valence-electron chi connectivity index (χ4n) is 3.08. The lowest BCUT2D eigenvalue weighted by Gasteiger charge is -2.12. The van der Waals surface area contributed by atoms with E-state index in [9.17, 15) is 18.0 Å². The Kier molecular flexibility index (Phi) is 5.06. The lowest BCUT2D eigenvalue weighted by Crippen LogP contribution is -2.20. The van der Waals surface area contributed by atoms with Gasteiger partial charge in [-0.3, -0.25) is 9.59 Å². The van der Waals surface area contributed by atoms with E-state index in [1.165, 1.54) is 17.0 Å². The monoisotopic (exact) mass is 386 g/mol. The van der Waals surface area contributed by atoms with Crippen LogP contribution in [0.3, 0.4) is 0 Å². The Hall–Kier alpha value is -2.67. The summed E-state index contributed by atoms with van der Waals surface area (Å²) in [5.41, 5.74) is 4.13. The van der Waals surface area contributed by atoms with Crippen molar-refractivity contribution in [1.82, 2.24) is 0 Å². The van der Waals surface area contributed by atoms with Crippen LogP contribution in [0.4, 0.5) is 11.4 Å². The third-order valence-electron chi connectivity index (χ3n) is 4.96. The zero-order chi connectivity index (χ0) is 19.8. The molecule has 0 spiro atoms. The van der Waals surface area contributed by atoms with Crippen LogP contribution in [0, 0.1) is 13.8 Å². The molecule has 0 fully saturated rings. The summed E-state index contributed by atoms with van der Waals surface area (Å²) < 4.78 is 25.2. The molecule has 1 heterocycles. The summed E-state index contributed by atoms with van der Waals surface area (Å²) in [6.07, 6.45) is 0.0634. The second-order valence-electron chi connectivity index (χ2n) is 6.78. The predicted molar refractivity (Wildman–Crippen MR) is 105 cm³/mol. The summed E-state index contributed by atoms with van der Waals surface area (Å²) in [7, 11) is -1.95. The van der Waals surface area contributed by atoms with E-state index in [4.69, 9.17) is 0 Å². The molecule has 0 aliphatic carbocycles. The summed E-state index contributed by atoms with van der Waals surface area (Å²) >= 11 is 0. The summed E-state index contributed by atoms with van der Waals surface area (Å²) in [6.45, 7) is 3.86. The van der Waals surface area contributed by atoms with Gasteiger partial charge in [-0.1, -0.05) is 12.1 Å². The van der Waals surface area contributed by atoms with Crippen LogP contribution >= 0.6 is 0 Å². The Morgan fingerprint density at radius 3 is 2.67 bits per heavy atom. The number of rotatable bonds is 5. The van der Waals surface area contributed by atoms with Crippen LogP contribution in [0.25, 0.3) is 0 Å². The molecule has 6 nitrogen and oxygen atoms in total. The van der Waals surface area contributed by atoms with Gasteiger partial charge in [0.05, 0.1) is 17.1 Å². The number of sulfone groups is 1. The predicted octanol–water partition coefficient (Wildman–Crippen LogP) is 2.62. The van der Waals surface area contributed by atoms with Crippen molar-refractivity contribution in [3.8, 4) is 0 Å². The highest BCUT2D eigenvalue weighted by Gasteiger charge is 2.26. The van der Waals surface area contributed by atoms with Gasteiger partial charge < -0.3 is 10.2 Å². The molecular weight excluding hydrogens is 364 g/mol. The second-order valence-corrected chi connectivity index (χ2v) is 8.89. The lowest BCUT2D eigenvalue weighted by molar-refractivity contribution is -0.117. The van der Waals surface area contributed by atoms with Crippen LogP contribution in [0.15, 0.2) is 41.3 Å². The number of benzene rings is 2. The van der Waals surface area contributed by atoms with Gasteiger partial charge in [-0.05, 0) is 54.8 Å². The summed E-state index contributed by atoms with van der Waals surface area (Å²) in [6, 6.07) is 10.3. The first kappa shape index (κ1) is 19.1. The van der Waals surface area contributed by atoms with Crippen LogP contribution in [-0.4, -0.2) is 33.0 Å². The van der Waals surface area contributed by atoms with Crippen molar-refractivity contribution in [3.63, 3.8) is 0 Å². The minimum absolute atomic E-state index is 0.0625. The van der Waals surface area contributed by atoms with Gasteiger partial charge in [0, 0.05) is 24.8 Å². The summed E-state index contributed by atoms with van der Waals surface area (Å²) in [5.74, 6) is -0.692. The van der Waals surface area contributed by atoms with E-state index in [0.29, 0.717) is 11.3 Å². The maximum absolute atomic E-state index is 12.6. The van der Waals surface area contributed by atoms with Gasteiger partial charge in [-0.15, -0.1) is 0 Å². The Labute approximate surface area is 159 Å². The van der Waals surface area contributed by atoms with E-state index < -0.39 is 9.84 Å². The molecule has 0 bridgehead atoms. The van der Waals surface area contributed by atoms with E-state index in [-0.39, 0.29) is 35.3 Å². The van der Waals surface area contributed by atoms with Gasteiger partial charge >= 0.3 is 0 Å².